The minimum absolute atomic E-state index is 0.264. The molecule has 0 amide bonds. The molecule has 0 heterocycles. The fourth-order valence-corrected chi connectivity index (χ4v) is 0.758. The van der Waals surface area contributed by atoms with Gasteiger partial charge in [-0.05, 0) is 25.2 Å². The van der Waals surface area contributed by atoms with Crippen LogP contribution >= 0.6 is 0 Å². The van der Waals surface area contributed by atoms with Crippen molar-refractivity contribution >= 4 is 11.9 Å². The maximum absolute atomic E-state index is 10.1. The van der Waals surface area contributed by atoms with Crippen LogP contribution < -0.4 is 0 Å². The zero-order valence-corrected chi connectivity index (χ0v) is 8.82. The van der Waals surface area contributed by atoms with Crippen LogP contribution in [-0.2, 0) is 9.59 Å². The van der Waals surface area contributed by atoms with Gasteiger partial charge >= 0.3 is 11.9 Å². The van der Waals surface area contributed by atoms with Crippen LogP contribution in [0.1, 0.15) is 26.2 Å². The Bertz CT molecular complexity index is 287. The Labute approximate surface area is 88.9 Å². The summed E-state index contributed by atoms with van der Waals surface area (Å²) in [4.78, 5) is 19.9. The average molecular weight is 212 g/mol. The molecular weight excluding hydrogens is 196 g/mol. The first kappa shape index (κ1) is 13.4. The summed E-state index contributed by atoms with van der Waals surface area (Å²) in [5.41, 5.74) is 0.644. The normalized spacial score (nSPS) is 13.4. The third kappa shape index (κ3) is 5.67. The Morgan fingerprint density at radius 2 is 1.67 bits per heavy atom. The molecule has 0 spiro atoms. The molecule has 4 heteroatoms. The molecular formula is C11H16O4. The SMILES string of the molecule is C=C(C(=O)O)C1CC1.C=C(CC)C(=O)O. The van der Waals surface area contributed by atoms with Gasteiger partial charge in [0.1, 0.15) is 0 Å². The summed E-state index contributed by atoms with van der Waals surface area (Å²) < 4.78 is 0. The fourth-order valence-electron chi connectivity index (χ4n) is 0.758. The van der Waals surface area contributed by atoms with Gasteiger partial charge in [-0.3, -0.25) is 0 Å². The van der Waals surface area contributed by atoms with Gasteiger partial charge in [-0.1, -0.05) is 20.1 Å². The number of aliphatic carboxylic acids is 2. The van der Waals surface area contributed by atoms with E-state index < -0.39 is 11.9 Å². The molecule has 1 rings (SSSR count). The van der Waals surface area contributed by atoms with Gasteiger partial charge in [0.2, 0.25) is 0 Å². The number of carbonyl (C=O) groups is 2. The largest absolute Gasteiger partial charge is 0.478 e. The molecule has 0 atom stereocenters. The van der Waals surface area contributed by atoms with Crippen LogP contribution in [0.5, 0.6) is 0 Å². The number of hydrogen-bond acceptors (Lipinski definition) is 2. The molecule has 4 nitrogen and oxygen atoms in total. The Kier molecular flexibility index (Phi) is 5.37. The monoisotopic (exact) mass is 212 g/mol. The topological polar surface area (TPSA) is 74.6 Å². The molecule has 0 bridgehead atoms. The minimum Gasteiger partial charge on any atom is -0.478 e. The summed E-state index contributed by atoms with van der Waals surface area (Å²) in [5, 5.41) is 16.4. The van der Waals surface area contributed by atoms with E-state index in [1.54, 1.807) is 6.92 Å². The number of rotatable bonds is 4. The second-order valence-electron chi connectivity index (χ2n) is 3.37. The van der Waals surface area contributed by atoms with Crippen LogP contribution in [0, 0.1) is 5.92 Å². The van der Waals surface area contributed by atoms with E-state index in [-0.39, 0.29) is 5.57 Å². The molecule has 15 heavy (non-hydrogen) atoms. The van der Waals surface area contributed by atoms with Gasteiger partial charge in [0.25, 0.3) is 0 Å². The van der Waals surface area contributed by atoms with Crippen molar-refractivity contribution in [3.05, 3.63) is 24.3 Å². The zero-order valence-electron chi connectivity index (χ0n) is 8.82. The first-order valence-corrected chi connectivity index (χ1v) is 4.73. The summed E-state index contributed by atoms with van der Waals surface area (Å²) in [6, 6.07) is 0. The first-order chi connectivity index (χ1) is 6.90. The molecule has 1 aliphatic carbocycles. The summed E-state index contributed by atoms with van der Waals surface area (Å²) in [7, 11) is 0. The van der Waals surface area contributed by atoms with Gasteiger partial charge < -0.3 is 10.2 Å². The van der Waals surface area contributed by atoms with Gasteiger partial charge in [0.05, 0.1) is 0 Å². The molecule has 1 saturated carbocycles. The third-order valence-corrected chi connectivity index (χ3v) is 2.07. The van der Waals surface area contributed by atoms with Crippen LogP contribution in [0.25, 0.3) is 0 Å². The highest BCUT2D eigenvalue weighted by Gasteiger charge is 2.28. The molecule has 0 aromatic carbocycles. The molecule has 1 fully saturated rings. The predicted molar refractivity (Wildman–Crippen MR) is 56.6 cm³/mol. The summed E-state index contributed by atoms with van der Waals surface area (Å²) in [6.07, 6.45) is 2.56. The van der Waals surface area contributed by atoms with Crippen molar-refractivity contribution in [1.82, 2.24) is 0 Å². The van der Waals surface area contributed by atoms with Crippen molar-refractivity contribution in [2.24, 2.45) is 5.92 Å². The lowest BCUT2D eigenvalue weighted by atomic mass is 10.2. The van der Waals surface area contributed by atoms with Crippen molar-refractivity contribution < 1.29 is 19.8 Å². The molecule has 0 unspecified atom stereocenters. The van der Waals surface area contributed by atoms with Crippen molar-refractivity contribution in [2.75, 3.05) is 0 Å². The number of hydrogen-bond donors (Lipinski definition) is 2. The maximum atomic E-state index is 10.1. The standard InChI is InChI=1S/C6H8O2.C5H8O2/c1-4(6(7)8)5-2-3-5;1-3-4(2)5(6)7/h5H,1-3H2,(H,7,8);2-3H2,1H3,(H,6,7). The molecule has 0 aromatic heterocycles. The van der Waals surface area contributed by atoms with Crippen LogP contribution in [0.15, 0.2) is 24.3 Å². The molecule has 0 saturated heterocycles. The van der Waals surface area contributed by atoms with E-state index in [4.69, 9.17) is 10.2 Å². The fraction of sp³-hybridized carbons (Fsp3) is 0.455. The predicted octanol–water partition coefficient (Wildman–Crippen LogP) is 2.07. The van der Waals surface area contributed by atoms with E-state index in [1.165, 1.54) is 0 Å². The minimum atomic E-state index is -0.900. The quantitative estimate of drug-likeness (QED) is 0.699. The lowest BCUT2D eigenvalue weighted by molar-refractivity contribution is -0.133. The van der Waals surface area contributed by atoms with Crippen LogP contribution in [-0.4, -0.2) is 22.2 Å². The van der Waals surface area contributed by atoms with Gasteiger partial charge in [-0.15, -0.1) is 0 Å². The van der Waals surface area contributed by atoms with E-state index >= 15 is 0 Å². The highest BCUT2D eigenvalue weighted by Crippen LogP contribution is 2.35. The Morgan fingerprint density at radius 3 is 1.73 bits per heavy atom. The van der Waals surface area contributed by atoms with Crippen molar-refractivity contribution in [3.8, 4) is 0 Å². The van der Waals surface area contributed by atoms with Gasteiger partial charge in [-0.25, -0.2) is 9.59 Å². The Hall–Kier alpha value is -1.58. The molecule has 2 N–H and O–H groups in total. The van der Waals surface area contributed by atoms with Crippen molar-refractivity contribution in [1.29, 1.82) is 0 Å². The summed E-state index contributed by atoms with van der Waals surface area (Å²) in [5.74, 6) is -1.44. The van der Waals surface area contributed by atoms with Gasteiger partial charge in [0.15, 0.2) is 0 Å². The van der Waals surface area contributed by atoms with E-state index in [2.05, 4.69) is 13.2 Å². The number of carboxylic acid groups (broad SMARTS) is 2. The van der Waals surface area contributed by atoms with Gasteiger partial charge in [-0.2, -0.15) is 0 Å². The van der Waals surface area contributed by atoms with E-state index in [1.807, 2.05) is 0 Å². The van der Waals surface area contributed by atoms with Crippen LogP contribution in [0.4, 0.5) is 0 Å². The summed E-state index contributed by atoms with van der Waals surface area (Å²) >= 11 is 0. The molecule has 0 radical (unpaired) electrons. The van der Waals surface area contributed by atoms with Crippen LogP contribution in [0.3, 0.4) is 0 Å². The van der Waals surface area contributed by atoms with Crippen molar-refractivity contribution in [2.45, 2.75) is 26.2 Å². The van der Waals surface area contributed by atoms with Crippen LogP contribution in [0.2, 0.25) is 0 Å². The second kappa shape index (κ2) is 6.01. The lowest BCUT2D eigenvalue weighted by Crippen LogP contribution is -1.99. The first-order valence-electron chi connectivity index (χ1n) is 4.73. The Morgan fingerprint density at radius 1 is 1.20 bits per heavy atom. The summed E-state index contributed by atoms with van der Waals surface area (Å²) in [6.45, 7) is 8.45. The molecule has 84 valence electrons. The third-order valence-electron chi connectivity index (χ3n) is 2.07. The Balaban J connectivity index is 0.000000265. The molecule has 0 aliphatic heterocycles. The highest BCUT2D eigenvalue weighted by molar-refractivity contribution is 5.87. The van der Waals surface area contributed by atoms with Gasteiger partial charge in [0, 0.05) is 11.1 Å². The maximum Gasteiger partial charge on any atom is 0.331 e. The zero-order chi connectivity index (χ0) is 12.0. The van der Waals surface area contributed by atoms with Crippen molar-refractivity contribution in [3.63, 3.8) is 0 Å². The van der Waals surface area contributed by atoms with E-state index in [0.717, 1.165) is 12.8 Å². The lowest BCUT2D eigenvalue weighted by Gasteiger charge is -1.90. The van der Waals surface area contributed by atoms with E-state index in [9.17, 15) is 9.59 Å². The highest BCUT2D eigenvalue weighted by atomic mass is 16.4. The molecule has 0 aromatic rings. The van der Waals surface area contributed by atoms with E-state index in [0.29, 0.717) is 17.9 Å². The number of carboxylic acids is 2. The second-order valence-corrected chi connectivity index (χ2v) is 3.37. The average Bonchev–Trinajstić information content (AvgIpc) is 2.99. The molecule has 1 aliphatic rings. The smallest absolute Gasteiger partial charge is 0.331 e.